The van der Waals surface area contributed by atoms with E-state index in [1.54, 1.807) is 0 Å². The Morgan fingerprint density at radius 1 is 1.29 bits per heavy atom. The molecule has 14 heavy (non-hydrogen) atoms. The number of unbranched alkanes of at least 4 members (excludes halogenated alkanes) is 1. The van der Waals surface area contributed by atoms with E-state index < -0.39 is 0 Å². The van der Waals surface area contributed by atoms with Crippen LogP contribution in [0.15, 0.2) is 24.3 Å². The lowest BCUT2D eigenvalue weighted by Gasteiger charge is -2.08. The molecule has 1 aromatic carbocycles. The normalized spacial score (nSPS) is 11.9. The monoisotopic (exact) mass is 188 g/mol. The lowest BCUT2D eigenvalue weighted by Crippen LogP contribution is -1.88. The minimum atomic E-state index is 1.18. The van der Waals surface area contributed by atoms with Gasteiger partial charge in [0.1, 0.15) is 0 Å². The first kappa shape index (κ1) is 11.0. The smallest absolute Gasteiger partial charge is 0.0199 e. The van der Waals surface area contributed by atoms with Crippen LogP contribution in [-0.2, 0) is 0 Å². The summed E-state index contributed by atoms with van der Waals surface area (Å²) < 4.78 is 0. The molecule has 0 bridgehead atoms. The molecular formula is C14H20. The van der Waals surface area contributed by atoms with Crippen molar-refractivity contribution in [2.45, 2.75) is 40.5 Å². The minimum Gasteiger partial charge on any atom is -0.0810 e. The van der Waals surface area contributed by atoms with Gasteiger partial charge in [-0.25, -0.2) is 0 Å². The zero-order valence-corrected chi connectivity index (χ0v) is 9.72. The van der Waals surface area contributed by atoms with Gasteiger partial charge < -0.3 is 0 Å². The van der Waals surface area contributed by atoms with E-state index in [-0.39, 0.29) is 0 Å². The molecule has 0 heterocycles. The Morgan fingerprint density at radius 2 is 2.00 bits per heavy atom. The number of aryl methyl sites for hydroxylation is 1. The van der Waals surface area contributed by atoms with Crippen LogP contribution in [0.5, 0.6) is 0 Å². The molecule has 0 spiro atoms. The highest BCUT2D eigenvalue weighted by Gasteiger charge is 2.01. The van der Waals surface area contributed by atoms with Crippen LogP contribution in [0.2, 0.25) is 0 Å². The topological polar surface area (TPSA) is 0 Å². The third-order valence-electron chi connectivity index (χ3n) is 2.77. The molecule has 0 atom stereocenters. The molecule has 0 aromatic heterocycles. The first-order chi connectivity index (χ1) is 6.66. The van der Waals surface area contributed by atoms with Gasteiger partial charge in [0.05, 0.1) is 0 Å². The second kappa shape index (κ2) is 4.99. The molecule has 0 aliphatic rings. The number of hydrogen-bond acceptors (Lipinski definition) is 0. The van der Waals surface area contributed by atoms with Gasteiger partial charge in [0.15, 0.2) is 0 Å². The zero-order valence-electron chi connectivity index (χ0n) is 9.72. The Morgan fingerprint density at radius 3 is 2.64 bits per heavy atom. The number of rotatable bonds is 3. The van der Waals surface area contributed by atoms with Gasteiger partial charge in [0.25, 0.3) is 0 Å². The molecule has 0 heteroatoms. The van der Waals surface area contributed by atoms with Crippen LogP contribution >= 0.6 is 0 Å². The van der Waals surface area contributed by atoms with E-state index >= 15 is 0 Å². The average Bonchev–Trinajstić information content (AvgIpc) is 2.18. The van der Waals surface area contributed by atoms with E-state index in [9.17, 15) is 0 Å². The summed E-state index contributed by atoms with van der Waals surface area (Å²) in [4.78, 5) is 0. The summed E-state index contributed by atoms with van der Waals surface area (Å²) in [5.41, 5.74) is 5.61. The first-order valence-corrected chi connectivity index (χ1v) is 5.40. The summed E-state index contributed by atoms with van der Waals surface area (Å²) in [7, 11) is 0. The molecule has 0 saturated heterocycles. The van der Waals surface area contributed by atoms with Crippen molar-refractivity contribution in [3.8, 4) is 0 Å². The van der Waals surface area contributed by atoms with Crippen molar-refractivity contribution in [3.63, 3.8) is 0 Å². The molecule has 0 aliphatic heterocycles. The first-order valence-electron chi connectivity index (χ1n) is 5.40. The maximum atomic E-state index is 2.34. The van der Waals surface area contributed by atoms with Crippen LogP contribution in [0.1, 0.15) is 43.4 Å². The highest BCUT2D eigenvalue weighted by atomic mass is 14.1. The van der Waals surface area contributed by atoms with Crippen LogP contribution in [-0.4, -0.2) is 0 Å². The molecule has 0 radical (unpaired) electrons. The lowest BCUT2D eigenvalue weighted by molar-refractivity contribution is 0.959. The summed E-state index contributed by atoms with van der Waals surface area (Å²) in [6.07, 6.45) is 4.74. The fraction of sp³-hybridized carbons (Fsp3) is 0.429. The summed E-state index contributed by atoms with van der Waals surface area (Å²) >= 11 is 0. The highest BCUT2D eigenvalue weighted by Crippen LogP contribution is 2.21. The van der Waals surface area contributed by atoms with Crippen molar-refractivity contribution in [2.24, 2.45) is 0 Å². The number of hydrogen-bond donors (Lipinski definition) is 0. The van der Waals surface area contributed by atoms with Gasteiger partial charge in [-0.1, -0.05) is 37.6 Å². The Labute approximate surface area is 87.7 Å². The van der Waals surface area contributed by atoms with Gasteiger partial charge in [-0.2, -0.15) is 0 Å². The summed E-state index contributed by atoms with van der Waals surface area (Å²) in [5.74, 6) is 0. The maximum Gasteiger partial charge on any atom is -0.0199 e. The Hall–Kier alpha value is -1.04. The molecule has 0 unspecified atom stereocenters. The van der Waals surface area contributed by atoms with Gasteiger partial charge in [-0.3, -0.25) is 0 Å². The van der Waals surface area contributed by atoms with E-state index in [2.05, 4.69) is 52.0 Å². The largest absolute Gasteiger partial charge is 0.0810 e. The van der Waals surface area contributed by atoms with Gasteiger partial charge >= 0.3 is 0 Å². The van der Waals surface area contributed by atoms with Gasteiger partial charge in [0, 0.05) is 0 Å². The van der Waals surface area contributed by atoms with Crippen LogP contribution in [0, 0.1) is 13.8 Å². The fourth-order valence-corrected chi connectivity index (χ4v) is 1.65. The Bertz CT molecular complexity index is 332. The van der Waals surface area contributed by atoms with E-state index in [4.69, 9.17) is 0 Å². The summed E-state index contributed by atoms with van der Waals surface area (Å²) in [5, 5.41) is 0. The molecule has 1 rings (SSSR count). The molecule has 0 N–H and O–H groups in total. The second-order valence-corrected chi connectivity index (χ2v) is 3.92. The van der Waals surface area contributed by atoms with E-state index in [1.165, 1.54) is 35.1 Å². The van der Waals surface area contributed by atoms with Crippen molar-refractivity contribution in [1.29, 1.82) is 0 Å². The lowest BCUT2D eigenvalue weighted by atomic mass is 9.97. The fourth-order valence-electron chi connectivity index (χ4n) is 1.65. The minimum absolute atomic E-state index is 1.18. The predicted octanol–water partition coefficient (Wildman–Crippen LogP) is 4.51. The van der Waals surface area contributed by atoms with Gasteiger partial charge in [-0.15, -0.1) is 0 Å². The molecule has 0 saturated carbocycles. The third kappa shape index (κ3) is 2.47. The van der Waals surface area contributed by atoms with E-state index in [0.29, 0.717) is 0 Å². The van der Waals surface area contributed by atoms with Crippen LogP contribution in [0.4, 0.5) is 0 Å². The molecule has 0 nitrogen and oxygen atoms in total. The van der Waals surface area contributed by atoms with E-state index in [1.807, 2.05) is 0 Å². The van der Waals surface area contributed by atoms with Gasteiger partial charge in [-0.05, 0) is 49.5 Å². The number of allylic oxidation sites excluding steroid dienone is 2. The van der Waals surface area contributed by atoms with E-state index in [0.717, 1.165) is 0 Å². The SMILES string of the molecule is CCC/C=C(\C)c1cccc(C)c1C. The van der Waals surface area contributed by atoms with Crippen LogP contribution in [0.25, 0.3) is 5.57 Å². The standard InChI is InChI=1S/C14H20/c1-5-6-8-12(3)14-10-7-9-11(2)13(14)4/h7-10H,5-6H2,1-4H3/b12-8+. The quantitative estimate of drug-likeness (QED) is 0.655. The molecule has 76 valence electrons. The second-order valence-electron chi connectivity index (χ2n) is 3.92. The van der Waals surface area contributed by atoms with Crippen molar-refractivity contribution in [2.75, 3.05) is 0 Å². The highest BCUT2D eigenvalue weighted by molar-refractivity contribution is 5.67. The van der Waals surface area contributed by atoms with Crippen molar-refractivity contribution in [1.82, 2.24) is 0 Å². The van der Waals surface area contributed by atoms with Crippen LogP contribution < -0.4 is 0 Å². The Kier molecular flexibility index (Phi) is 3.94. The molecular weight excluding hydrogens is 168 g/mol. The molecule has 0 amide bonds. The molecule has 1 aromatic rings. The van der Waals surface area contributed by atoms with Crippen molar-refractivity contribution < 1.29 is 0 Å². The van der Waals surface area contributed by atoms with Crippen molar-refractivity contribution in [3.05, 3.63) is 41.0 Å². The van der Waals surface area contributed by atoms with Crippen molar-refractivity contribution >= 4 is 5.57 Å². The third-order valence-corrected chi connectivity index (χ3v) is 2.77. The maximum absolute atomic E-state index is 2.34. The predicted molar refractivity (Wildman–Crippen MR) is 64.5 cm³/mol. The number of benzene rings is 1. The molecule has 0 aliphatic carbocycles. The van der Waals surface area contributed by atoms with Crippen LogP contribution in [0.3, 0.4) is 0 Å². The average molecular weight is 188 g/mol. The molecule has 0 fully saturated rings. The summed E-state index contributed by atoms with van der Waals surface area (Å²) in [6.45, 7) is 8.80. The zero-order chi connectivity index (χ0) is 10.6. The van der Waals surface area contributed by atoms with Gasteiger partial charge in [0.2, 0.25) is 0 Å². The summed E-state index contributed by atoms with van der Waals surface area (Å²) in [6, 6.07) is 6.52. The Balaban J connectivity index is 3.01.